The van der Waals surface area contributed by atoms with Gasteiger partial charge in [-0.15, -0.1) is 5.10 Å². The summed E-state index contributed by atoms with van der Waals surface area (Å²) < 4.78 is 16.8. The summed E-state index contributed by atoms with van der Waals surface area (Å²) in [7, 11) is 2.89. The number of aromatic hydroxyl groups is 1. The Balaban J connectivity index is 1.66. The molecular formula is C24H20BrN3O5S. The van der Waals surface area contributed by atoms with Crippen molar-refractivity contribution in [1.29, 1.82) is 0 Å². The molecule has 1 aliphatic rings. The molecule has 1 N–H and O–H groups in total. The van der Waals surface area contributed by atoms with Crippen LogP contribution in [-0.2, 0) is 11.3 Å². The molecule has 1 fully saturated rings. The molecule has 0 atom stereocenters. The molecule has 1 aromatic heterocycles. The van der Waals surface area contributed by atoms with Gasteiger partial charge in [0.1, 0.15) is 5.76 Å². The number of methoxy groups -OCH3 is 2. The third-order valence-electron chi connectivity index (χ3n) is 4.80. The van der Waals surface area contributed by atoms with Gasteiger partial charge in [-0.05, 0) is 65.4 Å². The van der Waals surface area contributed by atoms with E-state index in [1.807, 2.05) is 24.3 Å². The SMILES string of the molecule is COc1cc(/C=C2\S/C(=N/N=C\c3ccc(Br)cc3)N(Cc3ccco3)C2=O)cc(OC)c1O. The van der Waals surface area contributed by atoms with Crippen molar-refractivity contribution in [3.05, 3.63) is 81.1 Å². The van der Waals surface area contributed by atoms with Gasteiger partial charge in [0.2, 0.25) is 5.75 Å². The highest BCUT2D eigenvalue weighted by Crippen LogP contribution is 2.39. The zero-order valence-electron chi connectivity index (χ0n) is 18.3. The first-order valence-corrected chi connectivity index (χ1v) is 11.6. The van der Waals surface area contributed by atoms with E-state index in [-0.39, 0.29) is 29.7 Å². The molecule has 0 aliphatic carbocycles. The topological polar surface area (TPSA) is 96.9 Å². The molecule has 174 valence electrons. The lowest BCUT2D eigenvalue weighted by Gasteiger charge is -2.12. The summed E-state index contributed by atoms with van der Waals surface area (Å²) in [5.74, 6) is 0.739. The number of carbonyl (C=O) groups is 1. The number of hydrogen-bond donors (Lipinski definition) is 1. The molecule has 10 heteroatoms. The predicted octanol–water partition coefficient (Wildman–Crippen LogP) is 5.27. The van der Waals surface area contributed by atoms with Gasteiger partial charge in [-0.1, -0.05) is 28.1 Å². The van der Waals surface area contributed by atoms with E-state index < -0.39 is 0 Å². The summed E-state index contributed by atoms with van der Waals surface area (Å²) in [6.45, 7) is 0.213. The van der Waals surface area contributed by atoms with Crippen LogP contribution >= 0.6 is 27.7 Å². The number of ether oxygens (including phenoxy) is 2. The van der Waals surface area contributed by atoms with Gasteiger partial charge in [0, 0.05) is 4.47 Å². The van der Waals surface area contributed by atoms with Gasteiger partial charge in [0.25, 0.3) is 5.91 Å². The Morgan fingerprint density at radius 3 is 2.44 bits per heavy atom. The first-order chi connectivity index (χ1) is 16.5. The minimum Gasteiger partial charge on any atom is -0.502 e. The largest absolute Gasteiger partial charge is 0.502 e. The average Bonchev–Trinajstić information content (AvgIpc) is 3.45. The number of hydrogen-bond acceptors (Lipinski definition) is 8. The molecule has 2 heterocycles. The van der Waals surface area contributed by atoms with Crippen molar-refractivity contribution in [1.82, 2.24) is 4.90 Å². The molecule has 34 heavy (non-hydrogen) atoms. The molecule has 0 bridgehead atoms. The van der Waals surface area contributed by atoms with Gasteiger partial charge in [0.05, 0.1) is 38.1 Å². The fourth-order valence-electron chi connectivity index (χ4n) is 3.12. The van der Waals surface area contributed by atoms with E-state index >= 15 is 0 Å². The summed E-state index contributed by atoms with van der Waals surface area (Å²) in [5.41, 5.74) is 1.50. The molecule has 0 radical (unpaired) electrons. The summed E-state index contributed by atoms with van der Waals surface area (Å²) in [4.78, 5) is 15.2. The zero-order valence-corrected chi connectivity index (χ0v) is 20.7. The van der Waals surface area contributed by atoms with Crippen LogP contribution in [0, 0.1) is 0 Å². The molecule has 1 saturated heterocycles. The van der Waals surface area contributed by atoms with Crippen LogP contribution in [0.4, 0.5) is 0 Å². The number of amides is 1. The molecule has 8 nitrogen and oxygen atoms in total. The third kappa shape index (κ3) is 5.35. The molecule has 4 rings (SSSR count). The number of amidine groups is 1. The average molecular weight is 542 g/mol. The molecular weight excluding hydrogens is 522 g/mol. The van der Waals surface area contributed by atoms with Crippen molar-refractivity contribution in [2.24, 2.45) is 10.2 Å². The zero-order chi connectivity index (χ0) is 24.1. The summed E-state index contributed by atoms with van der Waals surface area (Å²) >= 11 is 4.59. The Hall–Kier alpha value is -3.50. The monoisotopic (exact) mass is 541 g/mol. The van der Waals surface area contributed by atoms with Gasteiger partial charge in [-0.25, -0.2) is 0 Å². The van der Waals surface area contributed by atoms with Crippen LogP contribution in [0.3, 0.4) is 0 Å². The lowest BCUT2D eigenvalue weighted by atomic mass is 10.1. The Kier molecular flexibility index (Phi) is 7.39. The Bertz CT molecular complexity index is 1250. The fourth-order valence-corrected chi connectivity index (χ4v) is 4.32. The number of rotatable bonds is 7. The number of benzene rings is 2. The molecule has 2 aromatic carbocycles. The smallest absolute Gasteiger partial charge is 0.267 e. The number of thioether (sulfide) groups is 1. The van der Waals surface area contributed by atoms with Crippen LogP contribution in [0.25, 0.3) is 6.08 Å². The third-order valence-corrected chi connectivity index (χ3v) is 6.33. The van der Waals surface area contributed by atoms with Crippen molar-refractivity contribution in [3.8, 4) is 17.2 Å². The van der Waals surface area contributed by atoms with E-state index in [4.69, 9.17) is 13.9 Å². The lowest BCUT2D eigenvalue weighted by Crippen LogP contribution is -2.28. The standard InChI is InChI=1S/C24H20BrN3O5S/c1-31-19-10-16(11-20(32-2)22(19)29)12-21-23(30)28(14-18-4-3-9-33-18)24(34-21)27-26-13-15-5-7-17(25)8-6-15/h3-13,29H,14H2,1-2H3/b21-12-,26-13-,27-24+. The van der Waals surface area contributed by atoms with E-state index in [2.05, 4.69) is 26.1 Å². The van der Waals surface area contributed by atoms with Crippen molar-refractivity contribution in [2.45, 2.75) is 6.54 Å². The first kappa shape index (κ1) is 23.7. The highest BCUT2D eigenvalue weighted by Gasteiger charge is 2.34. The van der Waals surface area contributed by atoms with Crippen molar-refractivity contribution in [2.75, 3.05) is 14.2 Å². The summed E-state index contributed by atoms with van der Waals surface area (Å²) in [6.07, 6.45) is 4.86. The van der Waals surface area contributed by atoms with Crippen molar-refractivity contribution < 1.29 is 23.8 Å². The second-order valence-electron chi connectivity index (χ2n) is 7.03. The van der Waals surface area contributed by atoms with Crippen LogP contribution in [0.5, 0.6) is 17.2 Å². The Morgan fingerprint density at radius 1 is 1.12 bits per heavy atom. The van der Waals surface area contributed by atoms with Crippen LogP contribution < -0.4 is 9.47 Å². The minimum absolute atomic E-state index is 0.110. The normalized spacial score (nSPS) is 16.2. The van der Waals surface area contributed by atoms with Crippen molar-refractivity contribution in [3.63, 3.8) is 0 Å². The van der Waals surface area contributed by atoms with E-state index in [1.54, 1.807) is 42.8 Å². The van der Waals surface area contributed by atoms with Crippen LogP contribution in [-0.4, -0.2) is 41.5 Å². The van der Waals surface area contributed by atoms with E-state index in [1.165, 1.54) is 30.9 Å². The quantitative estimate of drug-likeness (QED) is 0.248. The van der Waals surface area contributed by atoms with Gasteiger partial charge < -0.3 is 19.0 Å². The van der Waals surface area contributed by atoms with Gasteiger partial charge in [-0.3, -0.25) is 9.69 Å². The Labute approximate surface area is 208 Å². The van der Waals surface area contributed by atoms with Crippen LogP contribution in [0.1, 0.15) is 16.9 Å². The van der Waals surface area contributed by atoms with Crippen LogP contribution in [0.2, 0.25) is 0 Å². The molecule has 0 unspecified atom stereocenters. The van der Waals surface area contributed by atoms with E-state index in [0.717, 1.165) is 10.0 Å². The molecule has 0 spiro atoms. The number of carbonyl (C=O) groups excluding carboxylic acids is 1. The number of halogens is 1. The number of phenols is 1. The molecule has 3 aromatic rings. The molecule has 1 aliphatic heterocycles. The van der Waals surface area contributed by atoms with Crippen molar-refractivity contribution >= 4 is 51.1 Å². The maximum absolute atomic E-state index is 13.2. The number of phenolic OH excluding ortho intramolecular Hbond substituents is 1. The van der Waals surface area contributed by atoms with E-state index in [0.29, 0.717) is 21.4 Å². The highest BCUT2D eigenvalue weighted by atomic mass is 79.9. The maximum Gasteiger partial charge on any atom is 0.267 e. The fraction of sp³-hybridized carbons (Fsp3) is 0.125. The predicted molar refractivity (Wildman–Crippen MR) is 135 cm³/mol. The maximum atomic E-state index is 13.2. The first-order valence-electron chi connectivity index (χ1n) is 10.0. The number of nitrogens with zero attached hydrogens (tertiary/aromatic N) is 3. The van der Waals surface area contributed by atoms with E-state index in [9.17, 15) is 9.90 Å². The lowest BCUT2D eigenvalue weighted by molar-refractivity contribution is -0.122. The molecule has 0 saturated carbocycles. The highest BCUT2D eigenvalue weighted by molar-refractivity contribution is 9.10. The van der Waals surface area contributed by atoms with Crippen LogP contribution in [0.15, 0.2) is 78.8 Å². The molecule has 1 amide bonds. The number of furan rings is 1. The second kappa shape index (κ2) is 10.6. The van der Waals surface area contributed by atoms with Gasteiger partial charge >= 0.3 is 0 Å². The van der Waals surface area contributed by atoms with Gasteiger partial charge in [0.15, 0.2) is 16.7 Å². The van der Waals surface area contributed by atoms with Gasteiger partial charge in [-0.2, -0.15) is 5.10 Å². The Morgan fingerprint density at radius 2 is 1.82 bits per heavy atom. The summed E-state index contributed by atoms with van der Waals surface area (Å²) in [5, 5.41) is 19.1. The second-order valence-corrected chi connectivity index (χ2v) is 8.96. The minimum atomic E-state index is -0.245. The summed E-state index contributed by atoms with van der Waals surface area (Å²) in [6, 6.07) is 14.4.